The van der Waals surface area contributed by atoms with Crippen molar-refractivity contribution in [3.05, 3.63) is 0 Å². The Hall–Kier alpha value is -0.340. The number of carbonyl (C=O) groups excluding carboxylic acids is 1. The number of hydrogen-bond acceptors (Lipinski definition) is 4. The number of hydrogen-bond donors (Lipinski definition) is 2. The van der Waals surface area contributed by atoms with Gasteiger partial charge in [0.15, 0.2) is 0 Å². The Morgan fingerprint density at radius 2 is 2.12 bits per heavy atom. The summed E-state index contributed by atoms with van der Waals surface area (Å²) >= 11 is 3.33. The average Bonchev–Trinajstić information content (AvgIpc) is 2.95. The van der Waals surface area contributed by atoms with Gasteiger partial charge in [-0.15, -0.1) is 0 Å². The van der Waals surface area contributed by atoms with Gasteiger partial charge >= 0.3 is 16.3 Å². The van der Waals surface area contributed by atoms with Crippen molar-refractivity contribution >= 4 is 32.2 Å². The Labute approximate surface area is 103 Å². The second-order valence-corrected chi connectivity index (χ2v) is 5.84. The second kappa shape index (κ2) is 5.33. The summed E-state index contributed by atoms with van der Waals surface area (Å²) in [5.74, 6) is 0. The molecule has 16 heavy (non-hydrogen) atoms. The van der Waals surface area contributed by atoms with Crippen LogP contribution in [0.3, 0.4) is 0 Å². The van der Waals surface area contributed by atoms with Crippen LogP contribution in [0.4, 0.5) is 4.79 Å². The van der Waals surface area contributed by atoms with Gasteiger partial charge in [0.2, 0.25) is 0 Å². The van der Waals surface area contributed by atoms with E-state index in [-0.39, 0.29) is 12.0 Å². The predicted molar refractivity (Wildman–Crippen MR) is 62.5 cm³/mol. The molecule has 0 atom stereocenters. The van der Waals surface area contributed by atoms with Gasteiger partial charge in [0.1, 0.15) is 0 Å². The summed E-state index contributed by atoms with van der Waals surface area (Å²) in [7, 11) is -3.80. The van der Waals surface area contributed by atoms with Gasteiger partial charge in [-0.1, -0.05) is 15.9 Å². The van der Waals surface area contributed by atoms with Crippen LogP contribution in [0.5, 0.6) is 0 Å². The highest BCUT2D eigenvalue weighted by atomic mass is 79.9. The highest BCUT2D eigenvalue weighted by Crippen LogP contribution is 2.46. The topological polar surface area (TPSA) is 84.5 Å². The average molecular weight is 315 g/mol. The number of alkyl halides is 1. The van der Waals surface area contributed by atoms with E-state index in [1.807, 2.05) is 0 Å². The molecule has 1 aliphatic rings. The molecule has 1 rings (SSSR count). The van der Waals surface area contributed by atoms with E-state index in [1.54, 1.807) is 11.6 Å². The quantitative estimate of drug-likeness (QED) is 0.708. The molecule has 1 fully saturated rings. The first-order chi connectivity index (χ1) is 7.43. The van der Waals surface area contributed by atoms with E-state index in [2.05, 4.69) is 25.4 Å². The summed E-state index contributed by atoms with van der Waals surface area (Å²) < 4.78 is 31.3. The SMILES string of the molecule is CCOC(=O)NS(=O)(=O)NCC1(CBr)CC1. The van der Waals surface area contributed by atoms with E-state index in [0.29, 0.717) is 6.54 Å². The maximum absolute atomic E-state index is 11.4. The third-order valence-electron chi connectivity index (χ3n) is 2.37. The molecular weight excluding hydrogens is 300 g/mol. The first-order valence-corrected chi connectivity index (χ1v) is 7.54. The highest BCUT2D eigenvalue weighted by Gasteiger charge is 2.42. The fraction of sp³-hybridized carbons (Fsp3) is 0.875. The van der Waals surface area contributed by atoms with E-state index in [0.717, 1.165) is 18.2 Å². The van der Waals surface area contributed by atoms with Crippen molar-refractivity contribution in [2.24, 2.45) is 5.41 Å². The van der Waals surface area contributed by atoms with Gasteiger partial charge in [-0.05, 0) is 25.2 Å². The van der Waals surface area contributed by atoms with Crippen LogP contribution in [0.1, 0.15) is 19.8 Å². The predicted octanol–water partition coefficient (Wildman–Crippen LogP) is 0.742. The Bertz CT molecular complexity index is 353. The summed E-state index contributed by atoms with van der Waals surface area (Å²) in [5, 5.41) is 0.752. The van der Waals surface area contributed by atoms with Crippen LogP contribution < -0.4 is 9.44 Å². The van der Waals surface area contributed by atoms with Crippen molar-refractivity contribution in [3.63, 3.8) is 0 Å². The maximum atomic E-state index is 11.4. The lowest BCUT2D eigenvalue weighted by atomic mass is 10.1. The molecule has 0 aromatic rings. The standard InChI is InChI=1S/C8H15BrN2O4S/c1-2-15-7(12)11-16(13,14)10-6-8(5-9)3-4-8/h10H,2-6H2,1H3,(H,11,12). The van der Waals surface area contributed by atoms with Crippen LogP contribution in [0.15, 0.2) is 0 Å². The van der Waals surface area contributed by atoms with Crippen molar-refractivity contribution in [1.29, 1.82) is 0 Å². The smallest absolute Gasteiger partial charge is 0.421 e. The molecule has 0 saturated heterocycles. The monoisotopic (exact) mass is 314 g/mol. The van der Waals surface area contributed by atoms with Gasteiger partial charge in [0.25, 0.3) is 0 Å². The van der Waals surface area contributed by atoms with Crippen molar-refractivity contribution < 1.29 is 17.9 Å². The molecule has 94 valence electrons. The summed E-state index contributed by atoms with van der Waals surface area (Å²) in [6.45, 7) is 2.06. The van der Waals surface area contributed by atoms with Crippen molar-refractivity contribution in [2.45, 2.75) is 19.8 Å². The Morgan fingerprint density at radius 1 is 1.50 bits per heavy atom. The van der Waals surface area contributed by atoms with Crippen molar-refractivity contribution in [1.82, 2.24) is 9.44 Å². The second-order valence-electron chi connectivity index (χ2n) is 3.78. The number of amides is 1. The lowest BCUT2D eigenvalue weighted by Crippen LogP contribution is -2.43. The molecule has 0 aromatic carbocycles. The molecule has 1 amide bonds. The van der Waals surface area contributed by atoms with E-state index >= 15 is 0 Å². The minimum Gasteiger partial charge on any atom is -0.449 e. The molecule has 0 unspecified atom stereocenters. The minimum absolute atomic E-state index is 0.0173. The number of rotatable bonds is 6. The van der Waals surface area contributed by atoms with Gasteiger partial charge in [-0.2, -0.15) is 13.1 Å². The molecule has 0 bridgehead atoms. The fourth-order valence-corrected chi connectivity index (χ4v) is 2.69. The number of ether oxygens (including phenoxy) is 1. The van der Waals surface area contributed by atoms with Crippen LogP contribution in [0.25, 0.3) is 0 Å². The minimum atomic E-state index is -3.80. The Morgan fingerprint density at radius 3 is 2.56 bits per heavy atom. The largest absolute Gasteiger partial charge is 0.449 e. The number of halogens is 1. The van der Waals surface area contributed by atoms with Crippen molar-refractivity contribution in [2.75, 3.05) is 18.5 Å². The number of nitrogens with one attached hydrogen (secondary N) is 2. The third-order valence-corrected chi connectivity index (χ3v) is 4.52. The molecule has 0 spiro atoms. The van der Waals surface area contributed by atoms with Crippen LogP contribution in [0.2, 0.25) is 0 Å². The molecule has 0 radical (unpaired) electrons. The summed E-state index contributed by atoms with van der Waals surface area (Å²) in [6, 6.07) is 0. The molecule has 6 nitrogen and oxygen atoms in total. The fourth-order valence-electron chi connectivity index (χ4n) is 1.09. The number of carbonyl (C=O) groups is 1. The zero-order chi connectivity index (χ0) is 12.2. The first kappa shape index (κ1) is 13.7. The van der Waals surface area contributed by atoms with E-state index < -0.39 is 16.3 Å². The van der Waals surface area contributed by atoms with Crippen LogP contribution in [0, 0.1) is 5.41 Å². The van der Waals surface area contributed by atoms with Gasteiger partial charge in [0.05, 0.1) is 6.61 Å². The molecule has 0 aliphatic heterocycles. The molecule has 2 N–H and O–H groups in total. The highest BCUT2D eigenvalue weighted by molar-refractivity contribution is 9.09. The molecule has 0 heterocycles. The maximum Gasteiger partial charge on any atom is 0.421 e. The van der Waals surface area contributed by atoms with Crippen LogP contribution in [-0.2, 0) is 14.9 Å². The van der Waals surface area contributed by atoms with E-state index in [1.165, 1.54) is 0 Å². The van der Waals surface area contributed by atoms with Crippen LogP contribution >= 0.6 is 15.9 Å². The van der Waals surface area contributed by atoms with E-state index in [4.69, 9.17) is 0 Å². The lowest BCUT2D eigenvalue weighted by molar-refractivity contribution is 0.158. The Balaban J connectivity index is 2.37. The summed E-state index contributed by atoms with van der Waals surface area (Å²) in [5.41, 5.74) is 0.0173. The lowest BCUT2D eigenvalue weighted by Gasteiger charge is -2.13. The van der Waals surface area contributed by atoms with Gasteiger partial charge in [-0.3, -0.25) is 0 Å². The molecule has 0 aromatic heterocycles. The molecule has 1 aliphatic carbocycles. The molecule has 8 heteroatoms. The van der Waals surface area contributed by atoms with Crippen LogP contribution in [-0.4, -0.2) is 33.0 Å². The summed E-state index contributed by atoms with van der Waals surface area (Å²) in [4.78, 5) is 10.9. The van der Waals surface area contributed by atoms with Crippen molar-refractivity contribution in [3.8, 4) is 0 Å². The van der Waals surface area contributed by atoms with E-state index in [9.17, 15) is 13.2 Å². The van der Waals surface area contributed by atoms with Gasteiger partial charge < -0.3 is 4.74 Å². The summed E-state index contributed by atoms with van der Waals surface area (Å²) in [6.07, 6.45) is 1.01. The third kappa shape index (κ3) is 4.26. The zero-order valence-corrected chi connectivity index (χ0v) is 11.4. The zero-order valence-electron chi connectivity index (χ0n) is 8.95. The normalized spacial score (nSPS) is 17.9. The van der Waals surface area contributed by atoms with Gasteiger partial charge in [-0.25, -0.2) is 9.52 Å². The molecular formula is C8H15BrN2O4S. The molecule has 1 saturated carbocycles. The first-order valence-electron chi connectivity index (χ1n) is 4.93. The van der Waals surface area contributed by atoms with Gasteiger partial charge in [0, 0.05) is 11.9 Å². The Kier molecular flexibility index (Phi) is 4.57.